The molecule has 0 saturated carbocycles. The fraction of sp³-hybridized carbons (Fsp3) is 0.143. The van der Waals surface area contributed by atoms with E-state index in [9.17, 15) is 4.79 Å². The Kier molecular flexibility index (Phi) is 3.50. The second kappa shape index (κ2) is 5.07. The summed E-state index contributed by atoms with van der Waals surface area (Å²) in [5, 5.41) is 2.04. The third-order valence-electron chi connectivity index (χ3n) is 2.59. The number of hydrogen-bond donors (Lipinski definition) is 0. The Labute approximate surface area is 110 Å². The van der Waals surface area contributed by atoms with Crippen molar-refractivity contribution in [3.8, 4) is 12.3 Å². The summed E-state index contributed by atoms with van der Waals surface area (Å²) in [6.07, 6.45) is 5.18. The van der Waals surface area contributed by atoms with Crippen molar-refractivity contribution in [3.63, 3.8) is 0 Å². The Morgan fingerprint density at radius 1 is 1.50 bits per heavy atom. The van der Waals surface area contributed by atoms with Gasteiger partial charge in [0.05, 0.1) is 6.54 Å². The highest BCUT2D eigenvalue weighted by Gasteiger charge is 2.14. The summed E-state index contributed by atoms with van der Waals surface area (Å²) in [6.45, 7) is 0.241. The quantitative estimate of drug-likeness (QED) is 0.613. The molecule has 2 rings (SSSR count). The van der Waals surface area contributed by atoms with Gasteiger partial charge in [-0.2, -0.15) is 0 Å². The van der Waals surface area contributed by atoms with Gasteiger partial charge in [-0.15, -0.1) is 6.42 Å². The van der Waals surface area contributed by atoms with Gasteiger partial charge in [0.2, 0.25) is 0 Å². The molecule has 1 heterocycles. The summed E-state index contributed by atoms with van der Waals surface area (Å²) in [7, 11) is 1.63. The van der Waals surface area contributed by atoms with Crippen molar-refractivity contribution in [2.45, 2.75) is 0 Å². The minimum atomic E-state index is -0.236. The number of nitrogens with zero attached hydrogens (tertiary/aromatic N) is 2. The average Bonchev–Trinajstić information content (AvgIpc) is 2.38. The van der Waals surface area contributed by atoms with Crippen molar-refractivity contribution >= 4 is 28.3 Å². The van der Waals surface area contributed by atoms with E-state index in [1.54, 1.807) is 13.1 Å². The number of fused-ring (bicyclic) bond motifs is 1. The predicted octanol–water partition coefficient (Wildman–Crippen LogP) is 2.59. The number of rotatable bonds is 2. The first-order chi connectivity index (χ1) is 8.63. The lowest BCUT2D eigenvalue weighted by atomic mass is 10.1. The van der Waals surface area contributed by atoms with Gasteiger partial charge >= 0.3 is 0 Å². The molecule has 4 heteroatoms. The molecule has 0 aliphatic rings. The summed E-state index contributed by atoms with van der Waals surface area (Å²) < 4.78 is 0. The number of hydrogen-bond acceptors (Lipinski definition) is 2. The minimum absolute atomic E-state index is 0.236. The molecule has 0 radical (unpaired) electrons. The maximum atomic E-state index is 12.0. The van der Waals surface area contributed by atoms with Crippen LogP contribution in [0.25, 0.3) is 10.8 Å². The fourth-order valence-corrected chi connectivity index (χ4v) is 1.93. The number of carbonyl (C=O) groups is 1. The Morgan fingerprint density at radius 3 is 2.94 bits per heavy atom. The first kappa shape index (κ1) is 12.4. The van der Waals surface area contributed by atoms with Crippen molar-refractivity contribution in [2.24, 2.45) is 0 Å². The Bertz CT molecular complexity index is 646. The zero-order valence-corrected chi connectivity index (χ0v) is 10.6. The largest absolute Gasteiger partial charge is 0.329 e. The van der Waals surface area contributed by atoms with E-state index in [2.05, 4.69) is 10.9 Å². The van der Waals surface area contributed by atoms with E-state index in [0.717, 1.165) is 10.8 Å². The molecule has 1 aromatic heterocycles. The molecular formula is C14H11ClN2O. The third kappa shape index (κ3) is 2.29. The number of carbonyl (C=O) groups excluding carboxylic acids is 1. The van der Waals surface area contributed by atoms with Gasteiger partial charge < -0.3 is 4.90 Å². The van der Waals surface area contributed by atoms with Gasteiger partial charge in [-0.1, -0.05) is 41.8 Å². The summed E-state index contributed by atoms with van der Waals surface area (Å²) in [5.74, 6) is 2.18. The Hall–Kier alpha value is -2.05. The van der Waals surface area contributed by atoms with Crippen LogP contribution in [0.15, 0.2) is 30.3 Å². The van der Waals surface area contributed by atoms with E-state index in [1.165, 1.54) is 4.90 Å². The van der Waals surface area contributed by atoms with Crippen LogP contribution in [0.3, 0.4) is 0 Å². The van der Waals surface area contributed by atoms with Gasteiger partial charge in [-0.05, 0) is 11.5 Å². The van der Waals surface area contributed by atoms with Crippen LogP contribution in [-0.2, 0) is 0 Å². The van der Waals surface area contributed by atoms with Gasteiger partial charge in [-0.3, -0.25) is 4.79 Å². The number of halogens is 1. The van der Waals surface area contributed by atoms with Crippen LogP contribution in [0.5, 0.6) is 0 Å². The number of pyridine rings is 1. The van der Waals surface area contributed by atoms with Crippen molar-refractivity contribution in [3.05, 3.63) is 41.2 Å². The van der Waals surface area contributed by atoms with Crippen LogP contribution in [0.1, 0.15) is 10.5 Å². The highest BCUT2D eigenvalue weighted by Crippen LogP contribution is 2.22. The molecule has 18 heavy (non-hydrogen) atoms. The van der Waals surface area contributed by atoms with Crippen LogP contribution in [-0.4, -0.2) is 29.4 Å². The van der Waals surface area contributed by atoms with Crippen LogP contribution in [0.2, 0.25) is 5.15 Å². The molecule has 0 aliphatic carbocycles. The standard InChI is InChI=1S/C14H11ClN2O/c1-3-8-17(2)14(18)12-9-10-6-4-5-7-11(10)13(15)16-12/h1,4-7,9H,8H2,2H3. The lowest BCUT2D eigenvalue weighted by molar-refractivity contribution is 0.0807. The van der Waals surface area contributed by atoms with Gasteiger partial charge in [0, 0.05) is 12.4 Å². The van der Waals surface area contributed by atoms with Crippen molar-refractivity contribution in [1.29, 1.82) is 0 Å². The number of benzene rings is 1. The first-order valence-electron chi connectivity index (χ1n) is 5.37. The van der Waals surface area contributed by atoms with Gasteiger partial charge in [0.25, 0.3) is 5.91 Å². The van der Waals surface area contributed by atoms with E-state index in [-0.39, 0.29) is 12.5 Å². The van der Waals surface area contributed by atoms with Crippen LogP contribution in [0, 0.1) is 12.3 Å². The maximum absolute atomic E-state index is 12.0. The molecule has 0 atom stereocenters. The predicted molar refractivity (Wildman–Crippen MR) is 72.5 cm³/mol. The maximum Gasteiger partial charge on any atom is 0.273 e. The molecule has 0 bridgehead atoms. The molecule has 90 valence electrons. The Morgan fingerprint density at radius 2 is 2.22 bits per heavy atom. The summed E-state index contributed by atoms with van der Waals surface area (Å²) in [4.78, 5) is 17.6. The molecule has 1 aromatic carbocycles. The van der Waals surface area contributed by atoms with Crippen molar-refractivity contribution in [1.82, 2.24) is 9.88 Å². The smallest absolute Gasteiger partial charge is 0.273 e. The van der Waals surface area contributed by atoms with E-state index in [0.29, 0.717) is 10.8 Å². The molecule has 0 saturated heterocycles. The molecule has 3 nitrogen and oxygen atoms in total. The van der Waals surface area contributed by atoms with Gasteiger partial charge in [0.15, 0.2) is 0 Å². The normalized spacial score (nSPS) is 10.1. The van der Waals surface area contributed by atoms with Gasteiger partial charge in [-0.25, -0.2) is 4.98 Å². The highest BCUT2D eigenvalue weighted by molar-refractivity contribution is 6.34. The van der Waals surface area contributed by atoms with Crippen molar-refractivity contribution in [2.75, 3.05) is 13.6 Å². The Balaban J connectivity index is 2.47. The zero-order chi connectivity index (χ0) is 13.1. The zero-order valence-electron chi connectivity index (χ0n) is 9.85. The first-order valence-corrected chi connectivity index (χ1v) is 5.75. The summed E-state index contributed by atoms with van der Waals surface area (Å²) in [6, 6.07) is 9.24. The second-order valence-electron chi connectivity index (χ2n) is 3.88. The molecule has 0 fully saturated rings. The van der Waals surface area contributed by atoms with Crippen LogP contribution < -0.4 is 0 Å². The average molecular weight is 259 g/mol. The summed E-state index contributed by atoms with van der Waals surface area (Å²) >= 11 is 6.07. The topological polar surface area (TPSA) is 33.2 Å². The van der Waals surface area contributed by atoms with Gasteiger partial charge in [0.1, 0.15) is 10.8 Å². The molecule has 1 amide bonds. The minimum Gasteiger partial charge on any atom is -0.329 e. The molecule has 0 aliphatic heterocycles. The molecule has 0 N–H and O–H groups in total. The van der Waals surface area contributed by atoms with Crippen LogP contribution in [0.4, 0.5) is 0 Å². The van der Waals surface area contributed by atoms with E-state index < -0.39 is 0 Å². The van der Waals surface area contributed by atoms with E-state index in [1.807, 2.05) is 24.3 Å². The fourth-order valence-electron chi connectivity index (χ4n) is 1.67. The number of terminal acetylenes is 1. The summed E-state index contributed by atoms with van der Waals surface area (Å²) in [5.41, 5.74) is 0.302. The monoisotopic (exact) mass is 258 g/mol. The molecule has 0 spiro atoms. The lowest BCUT2D eigenvalue weighted by Crippen LogP contribution is -2.27. The highest BCUT2D eigenvalue weighted by atomic mass is 35.5. The van der Waals surface area contributed by atoms with Crippen molar-refractivity contribution < 1.29 is 4.79 Å². The van der Waals surface area contributed by atoms with E-state index in [4.69, 9.17) is 18.0 Å². The second-order valence-corrected chi connectivity index (χ2v) is 4.24. The molecule has 0 unspecified atom stereocenters. The molecule has 2 aromatic rings. The van der Waals surface area contributed by atoms with E-state index >= 15 is 0 Å². The molecular weight excluding hydrogens is 248 g/mol. The SMILES string of the molecule is C#CCN(C)C(=O)c1cc2ccccc2c(Cl)n1. The lowest BCUT2D eigenvalue weighted by Gasteiger charge is -2.13. The van der Waals surface area contributed by atoms with Crippen LogP contribution >= 0.6 is 11.6 Å². The number of aromatic nitrogens is 1. The third-order valence-corrected chi connectivity index (χ3v) is 2.88. The number of amides is 1.